The SMILES string of the molecule is O=C(O)COc1ccc(CCNC(=O)CNC(=O)CC2CCCCC2)cc1. The average molecular weight is 376 g/mol. The van der Waals surface area contributed by atoms with Crippen LogP contribution in [0.1, 0.15) is 44.1 Å². The second kappa shape index (κ2) is 11.2. The van der Waals surface area contributed by atoms with Gasteiger partial charge in [0.15, 0.2) is 6.61 Å². The Hall–Kier alpha value is -2.57. The minimum absolute atomic E-state index is 0.00746. The summed E-state index contributed by atoms with van der Waals surface area (Å²) in [5.41, 5.74) is 0.999. The first-order valence-corrected chi connectivity index (χ1v) is 9.50. The highest BCUT2D eigenvalue weighted by Crippen LogP contribution is 2.25. The van der Waals surface area contributed by atoms with Crippen LogP contribution in [0.3, 0.4) is 0 Å². The molecule has 3 N–H and O–H groups in total. The standard InChI is InChI=1S/C20H28N2O5/c23-18(12-16-4-2-1-3-5-16)22-13-19(24)21-11-10-15-6-8-17(9-7-15)27-14-20(25)26/h6-9,16H,1-5,10-14H2,(H,21,24)(H,22,23)(H,25,26). The third-order valence-electron chi connectivity index (χ3n) is 4.67. The number of carboxylic acids is 1. The first-order chi connectivity index (χ1) is 13.0. The lowest BCUT2D eigenvalue weighted by Gasteiger charge is -2.20. The fourth-order valence-corrected chi connectivity index (χ4v) is 3.21. The van der Waals surface area contributed by atoms with Crippen molar-refractivity contribution in [2.75, 3.05) is 19.7 Å². The molecule has 27 heavy (non-hydrogen) atoms. The van der Waals surface area contributed by atoms with Crippen molar-refractivity contribution in [3.8, 4) is 5.75 Å². The van der Waals surface area contributed by atoms with Crippen LogP contribution in [0.25, 0.3) is 0 Å². The van der Waals surface area contributed by atoms with Crippen molar-refractivity contribution in [2.24, 2.45) is 5.92 Å². The van der Waals surface area contributed by atoms with E-state index in [0.717, 1.165) is 18.4 Å². The van der Waals surface area contributed by atoms with Gasteiger partial charge in [0.25, 0.3) is 0 Å². The lowest BCUT2D eigenvalue weighted by Crippen LogP contribution is -2.38. The summed E-state index contributed by atoms with van der Waals surface area (Å²) in [6.45, 7) is 0.0993. The van der Waals surface area contributed by atoms with Gasteiger partial charge in [-0.2, -0.15) is 0 Å². The summed E-state index contributed by atoms with van der Waals surface area (Å²) < 4.78 is 5.06. The third kappa shape index (κ3) is 8.57. The summed E-state index contributed by atoms with van der Waals surface area (Å²) in [6.07, 6.45) is 7.04. The predicted octanol–water partition coefficient (Wildman–Crippen LogP) is 1.90. The fourth-order valence-electron chi connectivity index (χ4n) is 3.21. The Kier molecular flexibility index (Phi) is 8.61. The normalized spacial score (nSPS) is 14.4. The van der Waals surface area contributed by atoms with Gasteiger partial charge in [-0.25, -0.2) is 4.79 Å². The first kappa shape index (κ1) is 20.7. The van der Waals surface area contributed by atoms with Crippen molar-refractivity contribution in [3.63, 3.8) is 0 Å². The molecule has 7 heteroatoms. The Morgan fingerprint density at radius 1 is 1.00 bits per heavy atom. The van der Waals surface area contributed by atoms with E-state index < -0.39 is 5.97 Å². The van der Waals surface area contributed by atoms with Crippen LogP contribution in [0.5, 0.6) is 5.75 Å². The molecule has 0 heterocycles. The molecule has 2 rings (SSSR count). The van der Waals surface area contributed by atoms with E-state index in [4.69, 9.17) is 9.84 Å². The highest BCUT2D eigenvalue weighted by atomic mass is 16.5. The van der Waals surface area contributed by atoms with Gasteiger partial charge in [-0.05, 0) is 42.9 Å². The fraction of sp³-hybridized carbons (Fsp3) is 0.550. The van der Waals surface area contributed by atoms with E-state index in [2.05, 4.69) is 10.6 Å². The van der Waals surface area contributed by atoms with E-state index in [1.165, 1.54) is 19.3 Å². The molecular weight excluding hydrogens is 348 g/mol. The minimum atomic E-state index is -1.02. The zero-order valence-electron chi connectivity index (χ0n) is 15.5. The molecule has 0 spiro atoms. The molecule has 0 unspecified atom stereocenters. The summed E-state index contributed by atoms with van der Waals surface area (Å²) in [5, 5.41) is 14.0. The number of hydrogen-bond acceptors (Lipinski definition) is 4. The number of benzene rings is 1. The van der Waals surface area contributed by atoms with Crippen molar-refractivity contribution in [1.29, 1.82) is 0 Å². The van der Waals surface area contributed by atoms with Gasteiger partial charge < -0.3 is 20.5 Å². The van der Waals surface area contributed by atoms with Crippen molar-refractivity contribution >= 4 is 17.8 Å². The van der Waals surface area contributed by atoms with Crippen LogP contribution in [0.4, 0.5) is 0 Å². The summed E-state index contributed by atoms with van der Waals surface area (Å²) >= 11 is 0. The molecule has 7 nitrogen and oxygen atoms in total. The van der Waals surface area contributed by atoms with Gasteiger partial charge in [-0.1, -0.05) is 31.4 Å². The summed E-state index contributed by atoms with van der Waals surface area (Å²) in [5.74, 6) is -0.315. The predicted molar refractivity (Wildman–Crippen MR) is 100 cm³/mol. The van der Waals surface area contributed by atoms with E-state index in [0.29, 0.717) is 31.1 Å². The largest absolute Gasteiger partial charge is 0.482 e. The summed E-state index contributed by atoms with van der Waals surface area (Å²) in [7, 11) is 0. The van der Waals surface area contributed by atoms with Crippen LogP contribution in [0.15, 0.2) is 24.3 Å². The maximum atomic E-state index is 11.9. The smallest absolute Gasteiger partial charge is 0.341 e. The van der Waals surface area contributed by atoms with Gasteiger partial charge in [-0.3, -0.25) is 9.59 Å². The Labute approximate surface area is 159 Å². The van der Waals surface area contributed by atoms with Gasteiger partial charge in [0.1, 0.15) is 5.75 Å². The maximum Gasteiger partial charge on any atom is 0.341 e. The Morgan fingerprint density at radius 2 is 1.70 bits per heavy atom. The lowest BCUT2D eigenvalue weighted by molar-refractivity contribution is -0.139. The van der Waals surface area contributed by atoms with Crippen LogP contribution >= 0.6 is 0 Å². The highest BCUT2D eigenvalue weighted by Gasteiger charge is 2.17. The monoisotopic (exact) mass is 376 g/mol. The van der Waals surface area contributed by atoms with E-state index in [-0.39, 0.29) is 25.0 Å². The lowest BCUT2D eigenvalue weighted by atomic mass is 9.87. The number of carbonyl (C=O) groups excluding carboxylic acids is 2. The number of carbonyl (C=O) groups is 3. The molecule has 0 bridgehead atoms. The molecule has 1 saturated carbocycles. The van der Waals surface area contributed by atoms with E-state index in [9.17, 15) is 14.4 Å². The van der Waals surface area contributed by atoms with Crippen LogP contribution < -0.4 is 15.4 Å². The quantitative estimate of drug-likeness (QED) is 0.578. The maximum absolute atomic E-state index is 11.9. The van der Waals surface area contributed by atoms with Gasteiger partial charge in [-0.15, -0.1) is 0 Å². The number of aliphatic carboxylic acids is 1. The zero-order valence-corrected chi connectivity index (χ0v) is 15.5. The number of hydrogen-bond donors (Lipinski definition) is 3. The second-order valence-corrected chi connectivity index (χ2v) is 6.91. The molecular formula is C20H28N2O5. The van der Waals surface area contributed by atoms with Gasteiger partial charge in [0.05, 0.1) is 6.54 Å². The van der Waals surface area contributed by atoms with E-state index in [1.54, 1.807) is 12.1 Å². The molecule has 1 aliphatic rings. The Bertz CT molecular complexity index is 624. The van der Waals surface area contributed by atoms with Crippen molar-refractivity contribution in [1.82, 2.24) is 10.6 Å². The molecule has 1 aliphatic carbocycles. The van der Waals surface area contributed by atoms with E-state index >= 15 is 0 Å². The number of rotatable bonds is 10. The van der Waals surface area contributed by atoms with Crippen LogP contribution in [-0.2, 0) is 20.8 Å². The van der Waals surface area contributed by atoms with Gasteiger partial charge >= 0.3 is 5.97 Å². The molecule has 1 aromatic rings. The minimum Gasteiger partial charge on any atom is -0.482 e. The van der Waals surface area contributed by atoms with Crippen LogP contribution in [-0.4, -0.2) is 42.6 Å². The van der Waals surface area contributed by atoms with E-state index in [1.807, 2.05) is 12.1 Å². The average Bonchev–Trinajstić information content (AvgIpc) is 2.66. The Balaban J connectivity index is 1.58. The molecule has 2 amide bonds. The first-order valence-electron chi connectivity index (χ1n) is 9.50. The van der Waals surface area contributed by atoms with Gasteiger partial charge in [0, 0.05) is 13.0 Å². The number of nitrogens with one attached hydrogen (secondary N) is 2. The molecule has 1 fully saturated rings. The summed E-state index contributed by atoms with van der Waals surface area (Å²) in [6, 6.07) is 7.06. The topological polar surface area (TPSA) is 105 Å². The molecule has 0 saturated heterocycles. The second-order valence-electron chi connectivity index (χ2n) is 6.91. The van der Waals surface area contributed by atoms with Crippen LogP contribution in [0.2, 0.25) is 0 Å². The number of carboxylic acid groups (broad SMARTS) is 1. The van der Waals surface area contributed by atoms with Crippen molar-refractivity contribution in [2.45, 2.75) is 44.9 Å². The van der Waals surface area contributed by atoms with Crippen LogP contribution in [0, 0.1) is 5.92 Å². The van der Waals surface area contributed by atoms with Crippen molar-refractivity contribution in [3.05, 3.63) is 29.8 Å². The molecule has 0 aromatic heterocycles. The molecule has 0 atom stereocenters. The number of ether oxygens (including phenoxy) is 1. The molecule has 1 aromatic carbocycles. The summed E-state index contributed by atoms with van der Waals surface area (Å²) in [4.78, 5) is 34.2. The third-order valence-corrected chi connectivity index (χ3v) is 4.67. The van der Waals surface area contributed by atoms with Gasteiger partial charge in [0.2, 0.25) is 11.8 Å². The number of amides is 2. The van der Waals surface area contributed by atoms with Crippen molar-refractivity contribution < 1.29 is 24.2 Å². The highest BCUT2D eigenvalue weighted by molar-refractivity contribution is 5.84. The Morgan fingerprint density at radius 3 is 2.37 bits per heavy atom. The zero-order chi connectivity index (χ0) is 19.5. The molecule has 0 radical (unpaired) electrons. The molecule has 0 aliphatic heterocycles. The molecule has 148 valence electrons.